The molecule has 0 radical (unpaired) electrons. The Labute approximate surface area is 64.6 Å². The summed E-state index contributed by atoms with van der Waals surface area (Å²) >= 11 is 0. The van der Waals surface area contributed by atoms with Crippen molar-refractivity contribution in [2.45, 2.75) is 12.5 Å². The van der Waals surface area contributed by atoms with Crippen molar-refractivity contribution in [3.8, 4) is 6.07 Å². The van der Waals surface area contributed by atoms with Crippen LogP contribution in [0.4, 0.5) is 0 Å². The molecule has 0 aromatic heterocycles. The Morgan fingerprint density at radius 3 is 3.45 bits per heavy atom. The molecule has 0 aromatic carbocycles. The number of hydrogen-bond acceptors (Lipinski definition) is 4. The number of hydrazine groups is 1. The van der Waals surface area contributed by atoms with Gasteiger partial charge in [0.2, 0.25) is 0 Å². The summed E-state index contributed by atoms with van der Waals surface area (Å²) < 4.78 is 0. The third-order valence-corrected chi connectivity index (χ3v) is 1.99. The zero-order valence-corrected chi connectivity index (χ0v) is 5.91. The van der Waals surface area contributed by atoms with Gasteiger partial charge in [0, 0.05) is 18.3 Å². The monoisotopic (exact) mass is 148 g/mol. The second-order valence-corrected chi connectivity index (χ2v) is 2.63. The van der Waals surface area contributed by atoms with Crippen LogP contribution in [0.2, 0.25) is 0 Å². The van der Waals surface area contributed by atoms with Crippen molar-refractivity contribution >= 4 is 6.21 Å². The van der Waals surface area contributed by atoms with E-state index in [-0.39, 0.29) is 12.0 Å². The molecule has 0 amide bonds. The third-order valence-electron chi connectivity index (χ3n) is 1.99. The number of aliphatic imine (C=N–C) groups is 1. The molecule has 2 unspecified atom stereocenters. The van der Waals surface area contributed by atoms with E-state index >= 15 is 0 Å². The molecule has 0 saturated carbocycles. The molecule has 0 aliphatic carbocycles. The number of nitriles is 1. The van der Waals surface area contributed by atoms with E-state index in [9.17, 15) is 0 Å². The fourth-order valence-electron chi connectivity index (χ4n) is 1.35. The van der Waals surface area contributed by atoms with E-state index < -0.39 is 0 Å². The maximum atomic E-state index is 8.68. The highest BCUT2D eigenvalue weighted by molar-refractivity contribution is 5.61. The number of fused-ring (bicyclic) bond motifs is 1. The summed E-state index contributed by atoms with van der Waals surface area (Å²) in [5.74, 6) is 0.275. The lowest BCUT2D eigenvalue weighted by Crippen LogP contribution is -2.29. The van der Waals surface area contributed by atoms with Gasteiger partial charge in [-0.25, -0.2) is 5.43 Å². The van der Waals surface area contributed by atoms with Gasteiger partial charge in [-0.3, -0.25) is 4.99 Å². The van der Waals surface area contributed by atoms with Crippen LogP contribution in [0, 0.1) is 17.2 Å². The normalized spacial score (nSPS) is 33.5. The summed E-state index contributed by atoms with van der Waals surface area (Å²) in [4.78, 5) is 3.99. The molecule has 2 N–H and O–H groups in total. The van der Waals surface area contributed by atoms with Gasteiger partial charge in [0.25, 0.3) is 0 Å². The zero-order chi connectivity index (χ0) is 7.68. The molecule has 2 atom stereocenters. The van der Waals surface area contributed by atoms with E-state index in [0.29, 0.717) is 0 Å². The molecule has 2 heterocycles. The van der Waals surface area contributed by atoms with Crippen LogP contribution in [0.5, 0.6) is 0 Å². The molecule has 2 aliphatic heterocycles. The SMILES string of the molecule is N#CC1NNC2=CN=CCC21. The fourth-order valence-corrected chi connectivity index (χ4v) is 1.35. The Morgan fingerprint density at radius 2 is 2.64 bits per heavy atom. The lowest BCUT2D eigenvalue weighted by molar-refractivity contribution is 0.569. The van der Waals surface area contributed by atoms with Crippen LogP contribution in [-0.2, 0) is 0 Å². The predicted molar refractivity (Wildman–Crippen MR) is 40.4 cm³/mol. The number of rotatable bonds is 0. The minimum atomic E-state index is -0.104. The van der Waals surface area contributed by atoms with E-state index in [1.165, 1.54) is 0 Å². The Bertz CT molecular complexity index is 260. The van der Waals surface area contributed by atoms with Crippen molar-refractivity contribution in [3.05, 3.63) is 11.9 Å². The molecule has 2 aliphatic rings. The zero-order valence-electron chi connectivity index (χ0n) is 5.91. The van der Waals surface area contributed by atoms with E-state index in [1.807, 2.05) is 6.21 Å². The first kappa shape index (κ1) is 6.38. The Balaban J connectivity index is 2.23. The van der Waals surface area contributed by atoms with Crippen LogP contribution >= 0.6 is 0 Å². The van der Waals surface area contributed by atoms with Gasteiger partial charge in [0.15, 0.2) is 0 Å². The molecule has 0 spiro atoms. The van der Waals surface area contributed by atoms with Gasteiger partial charge >= 0.3 is 0 Å². The van der Waals surface area contributed by atoms with Gasteiger partial charge in [-0.15, -0.1) is 0 Å². The predicted octanol–water partition coefficient (Wildman–Crippen LogP) is -0.0815. The second kappa shape index (κ2) is 2.36. The lowest BCUT2D eigenvalue weighted by Gasteiger charge is -2.11. The van der Waals surface area contributed by atoms with Crippen LogP contribution in [0.1, 0.15) is 6.42 Å². The largest absolute Gasteiger partial charge is 0.322 e. The molecule has 0 bridgehead atoms. The van der Waals surface area contributed by atoms with Crippen LogP contribution < -0.4 is 10.9 Å². The highest BCUT2D eigenvalue weighted by atomic mass is 15.4. The topological polar surface area (TPSA) is 60.2 Å². The van der Waals surface area contributed by atoms with Gasteiger partial charge in [-0.2, -0.15) is 5.26 Å². The number of nitrogens with zero attached hydrogens (tertiary/aromatic N) is 2. The molecule has 1 fully saturated rings. The van der Waals surface area contributed by atoms with Crippen molar-refractivity contribution in [1.29, 1.82) is 5.26 Å². The molecule has 4 nitrogen and oxygen atoms in total. The van der Waals surface area contributed by atoms with Crippen LogP contribution in [0.25, 0.3) is 0 Å². The van der Waals surface area contributed by atoms with Gasteiger partial charge in [0.1, 0.15) is 6.04 Å². The molecule has 4 heteroatoms. The van der Waals surface area contributed by atoms with E-state index in [0.717, 1.165) is 12.1 Å². The van der Waals surface area contributed by atoms with Crippen LogP contribution in [0.15, 0.2) is 16.9 Å². The Kier molecular flexibility index (Phi) is 1.37. The minimum absolute atomic E-state index is 0.104. The summed E-state index contributed by atoms with van der Waals surface area (Å²) in [7, 11) is 0. The maximum absolute atomic E-state index is 8.68. The van der Waals surface area contributed by atoms with Crippen LogP contribution in [0.3, 0.4) is 0 Å². The highest BCUT2D eigenvalue weighted by Crippen LogP contribution is 2.22. The second-order valence-electron chi connectivity index (χ2n) is 2.63. The van der Waals surface area contributed by atoms with Gasteiger partial charge < -0.3 is 5.43 Å². The molecule has 11 heavy (non-hydrogen) atoms. The number of nitrogens with one attached hydrogen (secondary N) is 2. The molecule has 1 saturated heterocycles. The maximum Gasteiger partial charge on any atom is 0.121 e. The molecule has 2 rings (SSSR count). The van der Waals surface area contributed by atoms with E-state index in [4.69, 9.17) is 5.26 Å². The Hall–Kier alpha value is -1.34. The van der Waals surface area contributed by atoms with Gasteiger partial charge in [-0.05, 0) is 6.42 Å². The third kappa shape index (κ3) is 0.900. The first-order chi connectivity index (χ1) is 5.42. The highest BCUT2D eigenvalue weighted by Gasteiger charge is 2.31. The first-order valence-corrected chi connectivity index (χ1v) is 3.54. The lowest BCUT2D eigenvalue weighted by atomic mass is 9.96. The smallest absolute Gasteiger partial charge is 0.121 e. The summed E-state index contributed by atoms with van der Waals surface area (Å²) in [5.41, 5.74) is 6.85. The minimum Gasteiger partial charge on any atom is -0.322 e. The average molecular weight is 148 g/mol. The summed E-state index contributed by atoms with van der Waals surface area (Å²) in [6.07, 6.45) is 4.45. The molecular formula is C7H8N4. The molecule has 0 aromatic rings. The van der Waals surface area contributed by atoms with Crippen molar-refractivity contribution in [1.82, 2.24) is 10.9 Å². The molecule has 56 valence electrons. The van der Waals surface area contributed by atoms with Crippen molar-refractivity contribution in [2.75, 3.05) is 0 Å². The van der Waals surface area contributed by atoms with Crippen LogP contribution in [-0.4, -0.2) is 12.3 Å². The van der Waals surface area contributed by atoms with E-state index in [1.54, 1.807) is 6.20 Å². The fraction of sp³-hybridized carbons (Fsp3) is 0.429. The summed E-state index contributed by atoms with van der Waals surface area (Å²) in [5, 5.41) is 8.68. The Morgan fingerprint density at radius 1 is 1.73 bits per heavy atom. The molecular weight excluding hydrogens is 140 g/mol. The van der Waals surface area contributed by atoms with Crippen molar-refractivity contribution < 1.29 is 0 Å². The standard InChI is InChI=1S/C7H8N4/c8-3-6-5-1-2-9-4-7(5)11-10-6/h2,4-6,10-11H,1H2. The van der Waals surface area contributed by atoms with Gasteiger partial charge in [0.05, 0.1) is 11.8 Å². The van der Waals surface area contributed by atoms with E-state index in [2.05, 4.69) is 21.9 Å². The summed E-state index contributed by atoms with van der Waals surface area (Å²) in [6.45, 7) is 0. The van der Waals surface area contributed by atoms with Crippen molar-refractivity contribution in [2.24, 2.45) is 10.9 Å². The van der Waals surface area contributed by atoms with Gasteiger partial charge in [-0.1, -0.05) is 0 Å². The average Bonchev–Trinajstić information content (AvgIpc) is 2.47. The summed E-state index contributed by atoms with van der Waals surface area (Å²) in [6, 6.07) is 2.08. The quantitative estimate of drug-likeness (QED) is 0.505. The first-order valence-electron chi connectivity index (χ1n) is 3.54. The number of hydrogen-bond donors (Lipinski definition) is 2. The van der Waals surface area contributed by atoms with Crippen molar-refractivity contribution in [3.63, 3.8) is 0 Å².